The average molecular weight is 455 g/mol. The number of hydrogen-bond acceptors (Lipinski definition) is 9. The summed E-state index contributed by atoms with van der Waals surface area (Å²) >= 11 is 0. The summed E-state index contributed by atoms with van der Waals surface area (Å²) in [6, 6.07) is -1.51. The van der Waals surface area contributed by atoms with Crippen LogP contribution in [-0.4, -0.2) is 59.9 Å². The van der Waals surface area contributed by atoms with Crippen LogP contribution >= 0.6 is 7.82 Å². The van der Waals surface area contributed by atoms with Crippen LogP contribution in [0.1, 0.15) is 65.2 Å². The van der Waals surface area contributed by atoms with E-state index in [2.05, 4.69) is 11.4 Å². The molecule has 3 atom stereocenters. The zero-order valence-electron chi connectivity index (χ0n) is 17.6. The van der Waals surface area contributed by atoms with E-state index in [0.717, 1.165) is 32.6 Å². The smallest absolute Gasteiger partial charge is 0.472 e. The van der Waals surface area contributed by atoms with Crippen molar-refractivity contribution in [3.05, 3.63) is 0 Å². The molecule has 0 rings (SSSR count). The quantitative estimate of drug-likeness (QED) is 0.157. The number of esters is 2. The van der Waals surface area contributed by atoms with Crippen LogP contribution in [0.25, 0.3) is 0 Å². The summed E-state index contributed by atoms with van der Waals surface area (Å²) in [5.41, 5.74) is 5.18. The molecule has 0 saturated carbocycles. The van der Waals surface area contributed by atoms with E-state index in [1.807, 2.05) is 0 Å². The first kappa shape index (κ1) is 28.5. The number of carbonyl (C=O) groups is 3. The van der Waals surface area contributed by atoms with E-state index in [0.29, 0.717) is 6.42 Å². The van der Waals surface area contributed by atoms with Gasteiger partial charge in [0.05, 0.1) is 13.2 Å². The number of nitrogens with two attached hydrogens (primary N) is 1. The summed E-state index contributed by atoms with van der Waals surface area (Å²) < 4.78 is 30.9. The molecule has 11 nitrogen and oxygen atoms in total. The highest BCUT2D eigenvalue weighted by Gasteiger charge is 2.27. The molecule has 4 N–H and O–H groups in total. The molecule has 0 aromatic rings. The molecule has 0 radical (unpaired) electrons. The van der Waals surface area contributed by atoms with Crippen molar-refractivity contribution >= 4 is 25.7 Å². The molecule has 0 aliphatic heterocycles. The van der Waals surface area contributed by atoms with Gasteiger partial charge < -0.3 is 25.2 Å². The predicted molar refractivity (Wildman–Crippen MR) is 106 cm³/mol. The number of carboxylic acid groups (broad SMARTS) is 1. The van der Waals surface area contributed by atoms with E-state index in [9.17, 15) is 23.8 Å². The number of phosphoric acid groups is 1. The first-order chi connectivity index (χ1) is 14.1. The molecule has 176 valence electrons. The topological polar surface area (TPSA) is 172 Å². The van der Waals surface area contributed by atoms with Gasteiger partial charge in [0.25, 0.3) is 0 Å². The Hall–Kier alpha value is -1.52. The third-order valence-electron chi connectivity index (χ3n) is 3.91. The van der Waals surface area contributed by atoms with Crippen molar-refractivity contribution in [2.75, 3.05) is 19.8 Å². The maximum absolute atomic E-state index is 12.0. The van der Waals surface area contributed by atoms with Crippen molar-refractivity contribution in [1.82, 2.24) is 0 Å². The van der Waals surface area contributed by atoms with Crippen molar-refractivity contribution in [3.8, 4) is 0 Å². The first-order valence-corrected chi connectivity index (χ1v) is 11.5. The van der Waals surface area contributed by atoms with Gasteiger partial charge >= 0.3 is 25.7 Å². The van der Waals surface area contributed by atoms with Crippen LogP contribution in [0.15, 0.2) is 0 Å². The zero-order valence-corrected chi connectivity index (χ0v) is 18.5. The van der Waals surface area contributed by atoms with Gasteiger partial charge in [-0.15, -0.1) is 0 Å². The van der Waals surface area contributed by atoms with E-state index in [4.69, 9.17) is 24.8 Å². The number of aliphatic carboxylic acids is 1. The maximum Gasteiger partial charge on any atom is 0.472 e. The van der Waals surface area contributed by atoms with Crippen molar-refractivity contribution in [3.63, 3.8) is 0 Å². The number of phosphoric ester groups is 1. The van der Waals surface area contributed by atoms with E-state index in [1.54, 1.807) is 0 Å². The minimum absolute atomic E-state index is 0.158. The third kappa shape index (κ3) is 16.3. The fraction of sp³-hybridized carbons (Fsp3) is 0.833. The Morgan fingerprint density at radius 3 is 2.10 bits per heavy atom. The summed E-state index contributed by atoms with van der Waals surface area (Å²) in [5, 5.41) is 8.64. The minimum Gasteiger partial charge on any atom is -0.480 e. The summed E-state index contributed by atoms with van der Waals surface area (Å²) in [6.45, 7) is 1.58. The molecular weight excluding hydrogens is 421 g/mol. The number of ether oxygens (including phenoxy) is 2. The van der Waals surface area contributed by atoms with Gasteiger partial charge in [0.15, 0.2) is 6.10 Å². The van der Waals surface area contributed by atoms with Crippen LogP contribution in [0.4, 0.5) is 0 Å². The highest BCUT2D eigenvalue weighted by molar-refractivity contribution is 7.47. The number of carboxylic acids is 1. The number of unbranched alkanes of at least 4 members (excludes halogenated alkanes) is 6. The largest absolute Gasteiger partial charge is 0.480 e. The van der Waals surface area contributed by atoms with Gasteiger partial charge in [-0.3, -0.25) is 23.4 Å². The SMILES string of the molecule is CCCCCCCCCC(=O)O[C@H](COC(C)=O)COP(=O)(O)OC[C@H](N)C(=O)O. The lowest BCUT2D eigenvalue weighted by Gasteiger charge is -2.20. The lowest BCUT2D eigenvalue weighted by Crippen LogP contribution is -2.34. The molecule has 0 spiro atoms. The second-order valence-corrected chi connectivity index (χ2v) is 8.24. The molecule has 0 saturated heterocycles. The Kier molecular flexibility index (Phi) is 15.4. The highest BCUT2D eigenvalue weighted by atomic mass is 31.2. The Bertz CT molecular complexity index is 571. The van der Waals surface area contributed by atoms with E-state index in [1.165, 1.54) is 12.8 Å². The van der Waals surface area contributed by atoms with Gasteiger partial charge in [-0.2, -0.15) is 0 Å². The second kappa shape index (κ2) is 16.2. The number of rotatable bonds is 18. The van der Waals surface area contributed by atoms with Gasteiger partial charge in [-0.05, 0) is 6.42 Å². The van der Waals surface area contributed by atoms with Crippen molar-refractivity contribution < 1.29 is 47.5 Å². The monoisotopic (exact) mass is 455 g/mol. The summed E-state index contributed by atoms with van der Waals surface area (Å²) in [5.74, 6) is -2.59. The molecule has 1 unspecified atom stereocenters. The van der Waals surface area contributed by atoms with Crippen LogP contribution in [0.2, 0.25) is 0 Å². The van der Waals surface area contributed by atoms with Crippen LogP contribution in [0.5, 0.6) is 0 Å². The van der Waals surface area contributed by atoms with Crippen LogP contribution < -0.4 is 5.73 Å². The fourth-order valence-electron chi connectivity index (χ4n) is 2.26. The highest BCUT2D eigenvalue weighted by Crippen LogP contribution is 2.43. The average Bonchev–Trinajstić information content (AvgIpc) is 2.67. The Morgan fingerprint density at radius 2 is 1.53 bits per heavy atom. The molecule has 0 aliphatic carbocycles. The summed E-state index contributed by atoms with van der Waals surface area (Å²) in [7, 11) is -4.65. The molecule has 0 bridgehead atoms. The number of hydrogen-bond donors (Lipinski definition) is 3. The van der Waals surface area contributed by atoms with E-state index in [-0.39, 0.29) is 13.0 Å². The molecule has 0 amide bonds. The molecule has 0 heterocycles. The Balaban J connectivity index is 4.40. The van der Waals surface area contributed by atoms with Gasteiger partial charge in [0, 0.05) is 13.3 Å². The molecule has 0 aromatic carbocycles. The fourth-order valence-corrected chi connectivity index (χ4v) is 3.04. The van der Waals surface area contributed by atoms with Crippen molar-refractivity contribution in [2.45, 2.75) is 77.4 Å². The molecular formula is C18H34NO10P. The minimum atomic E-state index is -4.65. The van der Waals surface area contributed by atoms with Crippen LogP contribution in [-0.2, 0) is 37.5 Å². The molecule has 30 heavy (non-hydrogen) atoms. The van der Waals surface area contributed by atoms with E-state index < -0.39 is 51.1 Å². The predicted octanol–water partition coefficient (Wildman–Crippen LogP) is 2.15. The second-order valence-electron chi connectivity index (χ2n) is 6.79. The van der Waals surface area contributed by atoms with Crippen LogP contribution in [0.3, 0.4) is 0 Å². The number of carbonyl (C=O) groups excluding carboxylic acids is 2. The van der Waals surface area contributed by atoms with Gasteiger partial charge in [-0.25, -0.2) is 4.57 Å². The normalized spacial score (nSPS) is 15.1. The van der Waals surface area contributed by atoms with Gasteiger partial charge in [-0.1, -0.05) is 45.4 Å². The molecule has 0 aliphatic rings. The first-order valence-electron chi connectivity index (χ1n) is 10.0. The van der Waals surface area contributed by atoms with Crippen molar-refractivity contribution in [1.29, 1.82) is 0 Å². The molecule has 12 heteroatoms. The molecule has 0 aromatic heterocycles. The van der Waals surface area contributed by atoms with E-state index >= 15 is 0 Å². The van der Waals surface area contributed by atoms with Gasteiger partial charge in [0.2, 0.25) is 0 Å². The standard InChI is InChI=1S/C18H34NO10P/c1-3-4-5-6-7-8-9-10-17(21)29-15(11-26-14(2)20)12-27-30(24,25)28-13-16(19)18(22)23/h15-16H,3-13,19H2,1-2H3,(H,22,23)(H,24,25)/t15-,16+/m1/s1. The maximum atomic E-state index is 12.0. The Morgan fingerprint density at radius 1 is 0.967 bits per heavy atom. The third-order valence-corrected chi connectivity index (χ3v) is 4.86. The Labute approximate surface area is 176 Å². The lowest BCUT2D eigenvalue weighted by molar-refractivity contribution is -0.160. The lowest BCUT2D eigenvalue weighted by atomic mass is 10.1. The molecule has 0 fully saturated rings. The van der Waals surface area contributed by atoms with Gasteiger partial charge in [0.1, 0.15) is 12.6 Å². The summed E-state index contributed by atoms with van der Waals surface area (Å²) in [4.78, 5) is 43.2. The van der Waals surface area contributed by atoms with Crippen molar-refractivity contribution in [2.24, 2.45) is 5.73 Å². The van der Waals surface area contributed by atoms with Crippen LogP contribution in [0, 0.1) is 0 Å². The zero-order chi connectivity index (χ0) is 23.0. The summed E-state index contributed by atoms with van der Waals surface area (Å²) in [6.07, 6.45) is 6.22.